The molecule has 1 fully saturated rings. The first-order chi connectivity index (χ1) is 14.3. The number of carbonyl (C=O) groups excluding carboxylic acids is 1. The topological polar surface area (TPSA) is 58.6 Å². The molecule has 0 saturated carbocycles. The zero-order chi connectivity index (χ0) is 21.6. The van der Waals surface area contributed by atoms with Crippen LogP contribution in [0.5, 0.6) is 0 Å². The molecule has 1 aliphatic heterocycles. The van der Waals surface area contributed by atoms with Gasteiger partial charge in [-0.25, -0.2) is 19.2 Å². The lowest BCUT2D eigenvalue weighted by atomic mass is 10.1. The summed E-state index contributed by atoms with van der Waals surface area (Å²) >= 11 is 0. The molecule has 162 valence electrons. The summed E-state index contributed by atoms with van der Waals surface area (Å²) in [6.45, 7) is 8.42. The maximum atomic E-state index is 13.3. The number of likely N-dealkylation sites (tertiary alicyclic amines) is 1. The molecule has 1 saturated heterocycles. The second kappa shape index (κ2) is 9.98. The lowest BCUT2D eigenvalue weighted by molar-refractivity contribution is 0.0252. The number of aromatic nitrogens is 2. The molecule has 0 spiro atoms. The van der Waals surface area contributed by atoms with Gasteiger partial charge in [-0.2, -0.15) is 0 Å². The van der Waals surface area contributed by atoms with Gasteiger partial charge in [0.1, 0.15) is 17.7 Å². The van der Waals surface area contributed by atoms with Gasteiger partial charge in [-0.05, 0) is 57.7 Å². The van der Waals surface area contributed by atoms with Crippen molar-refractivity contribution in [1.29, 1.82) is 0 Å². The van der Waals surface area contributed by atoms with Gasteiger partial charge >= 0.3 is 6.09 Å². The molecule has 3 rings (SSSR count). The van der Waals surface area contributed by atoms with Crippen molar-refractivity contribution in [2.75, 3.05) is 13.1 Å². The summed E-state index contributed by atoms with van der Waals surface area (Å²) in [4.78, 5) is 25.0. The number of carbonyl (C=O) groups is 1. The molecular weight excluding hydrogens is 383 g/mol. The second-order valence-electron chi connectivity index (χ2n) is 8.83. The third-order valence-electron chi connectivity index (χ3n) is 5.16. The summed E-state index contributed by atoms with van der Waals surface area (Å²) in [5.74, 6) is -0.232. The minimum absolute atomic E-state index is 0.232. The molecule has 0 aliphatic carbocycles. The summed E-state index contributed by atoms with van der Waals surface area (Å²) in [6.07, 6.45) is 7.68. The minimum atomic E-state index is -0.495. The Morgan fingerprint density at radius 3 is 2.43 bits per heavy atom. The van der Waals surface area contributed by atoms with E-state index in [1.807, 2.05) is 50.2 Å². The molecule has 0 radical (unpaired) electrons. The van der Waals surface area contributed by atoms with Crippen molar-refractivity contribution in [3.05, 3.63) is 59.9 Å². The first kappa shape index (κ1) is 22.2. The summed E-state index contributed by atoms with van der Waals surface area (Å²) in [5.41, 5.74) is 1.60. The van der Waals surface area contributed by atoms with Crippen LogP contribution < -0.4 is 0 Å². The van der Waals surface area contributed by atoms with Gasteiger partial charge < -0.3 is 9.64 Å². The number of amides is 1. The Bertz CT molecular complexity index is 808. The Balaban J connectivity index is 1.70. The number of benzene rings is 1. The minimum Gasteiger partial charge on any atom is -0.444 e. The van der Waals surface area contributed by atoms with Crippen LogP contribution in [0.3, 0.4) is 0 Å². The molecule has 30 heavy (non-hydrogen) atoms. The molecule has 0 unspecified atom stereocenters. The highest BCUT2D eigenvalue weighted by Crippen LogP contribution is 2.23. The van der Waals surface area contributed by atoms with Gasteiger partial charge in [0, 0.05) is 50.2 Å². The van der Waals surface area contributed by atoms with Gasteiger partial charge in [-0.15, -0.1) is 0 Å². The highest BCUT2D eigenvalue weighted by Gasteiger charge is 2.28. The SMILES string of the molecule is CC(C)(C)OC(=O)N1CCC[C@@H](N(Cc2ccc(F)cc2)Cc2cncnc2)CC1. The number of hydrogen-bond donors (Lipinski definition) is 0. The molecule has 1 atom stereocenters. The Morgan fingerprint density at radius 2 is 1.77 bits per heavy atom. The summed E-state index contributed by atoms with van der Waals surface area (Å²) in [6, 6.07) is 6.94. The van der Waals surface area contributed by atoms with Crippen molar-refractivity contribution in [2.24, 2.45) is 0 Å². The molecule has 7 heteroatoms. The highest BCUT2D eigenvalue weighted by atomic mass is 19.1. The number of rotatable bonds is 5. The van der Waals surface area contributed by atoms with Gasteiger partial charge in [0.2, 0.25) is 0 Å². The predicted octanol–water partition coefficient (Wildman–Crippen LogP) is 4.41. The monoisotopic (exact) mass is 414 g/mol. The third kappa shape index (κ3) is 6.76. The number of nitrogens with zero attached hydrogens (tertiary/aromatic N) is 4. The number of ether oxygens (including phenoxy) is 1. The van der Waals surface area contributed by atoms with E-state index in [2.05, 4.69) is 14.9 Å². The average Bonchev–Trinajstić information content (AvgIpc) is 2.95. The normalized spacial score (nSPS) is 17.6. The van der Waals surface area contributed by atoms with E-state index in [1.165, 1.54) is 18.5 Å². The van der Waals surface area contributed by atoms with Crippen LogP contribution in [0.4, 0.5) is 9.18 Å². The van der Waals surface area contributed by atoms with Crippen LogP contribution in [-0.2, 0) is 17.8 Å². The van der Waals surface area contributed by atoms with Crippen LogP contribution >= 0.6 is 0 Å². The zero-order valence-electron chi connectivity index (χ0n) is 18.1. The fourth-order valence-electron chi connectivity index (χ4n) is 3.74. The van der Waals surface area contributed by atoms with Crippen molar-refractivity contribution < 1.29 is 13.9 Å². The Kier molecular flexibility index (Phi) is 7.37. The molecular formula is C23H31FN4O2. The lowest BCUT2D eigenvalue weighted by Crippen LogP contribution is -2.39. The van der Waals surface area contributed by atoms with E-state index in [-0.39, 0.29) is 11.9 Å². The van der Waals surface area contributed by atoms with Gasteiger partial charge in [-0.3, -0.25) is 4.90 Å². The second-order valence-corrected chi connectivity index (χ2v) is 8.83. The summed E-state index contributed by atoms with van der Waals surface area (Å²) in [7, 11) is 0. The summed E-state index contributed by atoms with van der Waals surface area (Å²) in [5, 5.41) is 0. The fourth-order valence-corrected chi connectivity index (χ4v) is 3.74. The smallest absolute Gasteiger partial charge is 0.410 e. The molecule has 1 amide bonds. The van der Waals surface area contributed by atoms with Crippen molar-refractivity contribution in [3.8, 4) is 0 Å². The molecule has 6 nitrogen and oxygen atoms in total. The van der Waals surface area contributed by atoms with E-state index in [4.69, 9.17) is 4.74 Å². The number of halogens is 1. The van der Waals surface area contributed by atoms with Gasteiger partial charge in [0.15, 0.2) is 0 Å². The van der Waals surface area contributed by atoms with E-state index in [1.54, 1.807) is 0 Å². The van der Waals surface area contributed by atoms with Crippen molar-refractivity contribution in [3.63, 3.8) is 0 Å². The van der Waals surface area contributed by atoms with Crippen LogP contribution in [0, 0.1) is 5.82 Å². The zero-order valence-corrected chi connectivity index (χ0v) is 18.1. The van der Waals surface area contributed by atoms with Crippen LogP contribution in [-0.4, -0.2) is 50.6 Å². The van der Waals surface area contributed by atoms with E-state index in [0.717, 1.165) is 30.4 Å². The molecule has 0 N–H and O–H groups in total. The molecule has 2 aromatic rings. The molecule has 1 aliphatic rings. The van der Waals surface area contributed by atoms with Crippen LogP contribution in [0.15, 0.2) is 43.0 Å². The Morgan fingerprint density at radius 1 is 1.10 bits per heavy atom. The quantitative estimate of drug-likeness (QED) is 0.725. The van der Waals surface area contributed by atoms with Gasteiger partial charge in [0.05, 0.1) is 0 Å². The highest BCUT2D eigenvalue weighted by molar-refractivity contribution is 5.68. The van der Waals surface area contributed by atoms with Crippen LogP contribution in [0.2, 0.25) is 0 Å². The Labute approximate surface area is 178 Å². The van der Waals surface area contributed by atoms with Crippen molar-refractivity contribution in [1.82, 2.24) is 19.8 Å². The number of hydrogen-bond acceptors (Lipinski definition) is 5. The summed E-state index contributed by atoms with van der Waals surface area (Å²) < 4.78 is 18.9. The first-order valence-corrected chi connectivity index (χ1v) is 10.5. The Hall–Kier alpha value is -2.54. The van der Waals surface area contributed by atoms with Crippen molar-refractivity contribution in [2.45, 2.75) is 64.8 Å². The maximum Gasteiger partial charge on any atom is 0.410 e. The molecule has 2 heterocycles. The van der Waals surface area contributed by atoms with E-state index in [0.29, 0.717) is 32.2 Å². The van der Waals surface area contributed by atoms with E-state index in [9.17, 15) is 9.18 Å². The predicted molar refractivity (Wildman–Crippen MR) is 113 cm³/mol. The van der Waals surface area contributed by atoms with Gasteiger partial charge in [0.25, 0.3) is 0 Å². The van der Waals surface area contributed by atoms with Crippen LogP contribution in [0.1, 0.15) is 51.2 Å². The van der Waals surface area contributed by atoms with E-state index < -0.39 is 5.60 Å². The van der Waals surface area contributed by atoms with Crippen molar-refractivity contribution >= 4 is 6.09 Å². The lowest BCUT2D eigenvalue weighted by Gasteiger charge is -2.31. The van der Waals surface area contributed by atoms with Gasteiger partial charge in [-0.1, -0.05) is 12.1 Å². The van der Waals surface area contributed by atoms with Crippen LogP contribution in [0.25, 0.3) is 0 Å². The first-order valence-electron chi connectivity index (χ1n) is 10.5. The standard InChI is InChI=1S/C23H31FN4O2/c1-23(2,3)30-22(29)27-11-4-5-21(10-12-27)28(16-19-13-25-17-26-14-19)15-18-6-8-20(24)9-7-18/h6-9,13-14,17,21H,4-5,10-12,15-16H2,1-3H3/t21-/m1/s1. The molecule has 1 aromatic heterocycles. The average molecular weight is 415 g/mol. The fraction of sp³-hybridized carbons (Fsp3) is 0.522. The van der Waals surface area contributed by atoms with E-state index >= 15 is 0 Å². The molecule has 1 aromatic carbocycles. The maximum absolute atomic E-state index is 13.3. The third-order valence-corrected chi connectivity index (χ3v) is 5.16. The largest absolute Gasteiger partial charge is 0.444 e. The molecule has 0 bridgehead atoms.